The van der Waals surface area contributed by atoms with Crippen LogP contribution in [0.5, 0.6) is 0 Å². The average Bonchev–Trinajstić information content (AvgIpc) is 2.35. The van der Waals surface area contributed by atoms with Gasteiger partial charge in [0.15, 0.2) is 0 Å². The van der Waals surface area contributed by atoms with Gasteiger partial charge in [0.1, 0.15) is 0 Å². The van der Waals surface area contributed by atoms with Crippen LogP contribution in [0.1, 0.15) is 58.3 Å². The fourth-order valence-electron chi connectivity index (χ4n) is 2.35. The van der Waals surface area contributed by atoms with Crippen LogP contribution in [0.4, 0.5) is 4.79 Å². The molecular formula is C14H27N3O2. The molecule has 3 N–H and O–H groups in total. The van der Waals surface area contributed by atoms with Gasteiger partial charge in [0.05, 0.1) is 6.54 Å². The molecule has 0 heterocycles. The van der Waals surface area contributed by atoms with Crippen LogP contribution in [-0.2, 0) is 4.79 Å². The number of carbonyl (C=O) groups is 2. The van der Waals surface area contributed by atoms with Crippen LogP contribution in [0.25, 0.3) is 0 Å². The molecular weight excluding hydrogens is 242 g/mol. The van der Waals surface area contributed by atoms with Crippen molar-refractivity contribution in [2.24, 2.45) is 0 Å². The first-order valence-electron chi connectivity index (χ1n) is 7.53. The highest BCUT2D eigenvalue weighted by Crippen LogP contribution is 2.16. The Morgan fingerprint density at radius 1 is 1.05 bits per heavy atom. The maximum absolute atomic E-state index is 11.6. The zero-order valence-corrected chi connectivity index (χ0v) is 12.0. The molecule has 0 bridgehead atoms. The first-order chi connectivity index (χ1) is 9.22. The minimum absolute atomic E-state index is 0.226. The summed E-state index contributed by atoms with van der Waals surface area (Å²) in [6, 6.07) is 0.0241. The SMILES string of the molecule is CCCNC(=O)NC(=O)CNC1CCCCCCC1. The number of hydrogen-bond donors (Lipinski definition) is 3. The van der Waals surface area contributed by atoms with E-state index in [1.54, 1.807) is 0 Å². The normalized spacial score (nSPS) is 17.3. The van der Waals surface area contributed by atoms with Gasteiger partial charge in [-0.05, 0) is 19.3 Å². The van der Waals surface area contributed by atoms with E-state index in [0.29, 0.717) is 12.6 Å². The second-order valence-electron chi connectivity index (χ2n) is 5.23. The molecule has 1 fully saturated rings. The Balaban J connectivity index is 2.15. The molecule has 1 rings (SSSR count). The highest BCUT2D eigenvalue weighted by atomic mass is 16.2. The van der Waals surface area contributed by atoms with Gasteiger partial charge in [-0.2, -0.15) is 0 Å². The van der Waals surface area contributed by atoms with Gasteiger partial charge in [0.2, 0.25) is 5.91 Å². The highest BCUT2D eigenvalue weighted by molar-refractivity contribution is 5.95. The lowest BCUT2D eigenvalue weighted by molar-refractivity contribution is -0.119. The van der Waals surface area contributed by atoms with Crippen LogP contribution >= 0.6 is 0 Å². The number of amides is 3. The van der Waals surface area contributed by atoms with E-state index >= 15 is 0 Å². The predicted octanol–water partition coefficient (Wildman–Crippen LogP) is 1.92. The minimum atomic E-state index is -0.397. The molecule has 19 heavy (non-hydrogen) atoms. The van der Waals surface area contributed by atoms with Crippen LogP contribution in [0, 0.1) is 0 Å². The second-order valence-corrected chi connectivity index (χ2v) is 5.23. The van der Waals surface area contributed by atoms with Crippen molar-refractivity contribution < 1.29 is 9.59 Å². The maximum atomic E-state index is 11.6. The molecule has 1 saturated carbocycles. The summed E-state index contributed by atoms with van der Waals surface area (Å²) in [6.45, 7) is 2.79. The Kier molecular flexibility index (Phi) is 8.21. The van der Waals surface area contributed by atoms with Crippen molar-refractivity contribution >= 4 is 11.9 Å². The van der Waals surface area contributed by atoms with E-state index in [-0.39, 0.29) is 12.5 Å². The van der Waals surface area contributed by atoms with Gasteiger partial charge < -0.3 is 10.6 Å². The number of urea groups is 1. The topological polar surface area (TPSA) is 70.2 Å². The van der Waals surface area contributed by atoms with E-state index in [0.717, 1.165) is 19.3 Å². The first kappa shape index (κ1) is 16.0. The summed E-state index contributed by atoms with van der Waals surface area (Å²) in [5.74, 6) is -0.254. The number of imide groups is 1. The molecule has 1 aliphatic carbocycles. The summed E-state index contributed by atoms with van der Waals surface area (Å²) in [5.41, 5.74) is 0. The highest BCUT2D eigenvalue weighted by Gasteiger charge is 2.13. The van der Waals surface area contributed by atoms with Crippen LogP contribution in [0.2, 0.25) is 0 Å². The summed E-state index contributed by atoms with van der Waals surface area (Å²) in [4.78, 5) is 22.9. The van der Waals surface area contributed by atoms with Gasteiger partial charge in [-0.3, -0.25) is 10.1 Å². The van der Waals surface area contributed by atoms with E-state index in [1.807, 2.05) is 6.92 Å². The van der Waals surface area contributed by atoms with Crippen LogP contribution < -0.4 is 16.0 Å². The third-order valence-corrected chi connectivity index (χ3v) is 3.44. The van der Waals surface area contributed by atoms with E-state index < -0.39 is 6.03 Å². The number of nitrogens with one attached hydrogen (secondary N) is 3. The summed E-state index contributed by atoms with van der Waals surface area (Å²) in [6.07, 6.45) is 9.53. The molecule has 0 aliphatic heterocycles. The largest absolute Gasteiger partial charge is 0.338 e. The lowest BCUT2D eigenvalue weighted by Crippen LogP contribution is -2.45. The van der Waals surface area contributed by atoms with Crippen molar-refractivity contribution in [1.82, 2.24) is 16.0 Å². The third-order valence-electron chi connectivity index (χ3n) is 3.44. The van der Waals surface area contributed by atoms with Gasteiger partial charge in [-0.15, -0.1) is 0 Å². The Hall–Kier alpha value is -1.10. The fraction of sp³-hybridized carbons (Fsp3) is 0.857. The van der Waals surface area contributed by atoms with Crippen molar-refractivity contribution in [1.29, 1.82) is 0 Å². The van der Waals surface area contributed by atoms with E-state index in [2.05, 4.69) is 16.0 Å². The lowest BCUT2D eigenvalue weighted by atomic mass is 9.97. The van der Waals surface area contributed by atoms with E-state index in [9.17, 15) is 9.59 Å². The molecule has 110 valence electrons. The quantitative estimate of drug-likeness (QED) is 0.714. The zero-order valence-electron chi connectivity index (χ0n) is 12.0. The maximum Gasteiger partial charge on any atom is 0.321 e. The van der Waals surface area contributed by atoms with Crippen LogP contribution in [-0.4, -0.2) is 31.1 Å². The van der Waals surface area contributed by atoms with Crippen molar-refractivity contribution in [2.75, 3.05) is 13.1 Å². The molecule has 0 unspecified atom stereocenters. The first-order valence-corrected chi connectivity index (χ1v) is 7.53. The average molecular weight is 269 g/mol. The second kappa shape index (κ2) is 9.78. The van der Waals surface area contributed by atoms with Crippen molar-refractivity contribution in [3.8, 4) is 0 Å². The summed E-state index contributed by atoms with van der Waals surface area (Å²) < 4.78 is 0. The molecule has 5 nitrogen and oxygen atoms in total. The minimum Gasteiger partial charge on any atom is -0.338 e. The summed E-state index contributed by atoms with van der Waals surface area (Å²) in [7, 11) is 0. The molecule has 0 radical (unpaired) electrons. The lowest BCUT2D eigenvalue weighted by Gasteiger charge is -2.20. The fourth-order valence-corrected chi connectivity index (χ4v) is 2.35. The monoisotopic (exact) mass is 269 g/mol. The van der Waals surface area contributed by atoms with Gasteiger partial charge >= 0.3 is 6.03 Å². The van der Waals surface area contributed by atoms with Gasteiger partial charge in [-0.25, -0.2) is 4.79 Å². The predicted molar refractivity (Wildman–Crippen MR) is 75.9 cm³/mol. The smallest absolute Gasteiger partial charge is 0.321 e. The number of rotatable bonds is 5. The standard InChI is InChI=1S/C14H27N3O2/c1-2-10-15-14(19)17-13(18)11-16-12-8-6-4-3-5-7-9-12/h12,16H,2-11H2,1H3,(H2,15,17,18,19). The Morgan fingerprint density at radius 3 is 2.32 bits per heavy atom. The third kappa shape index (κ3) is 7.82. The van der Waals surface area contributed by atoms with Gasteiger partial charge in [0.25, 0.3) is 0 Å². The van der Waals surface area contributed by atoms with Gasteiger partial charge in [-0.1, -0.05) is 39.0 Å². The Bertz CT molecular complexity index is 274. The molecule has 0 aromatic heterocycles. The number of carbonyl (C=O) groups excluding carboxylic acids is 2. The van der Waals surface area contributed by atoms with Crippen molar-refractivity contribution in [3.05, 3.63) is 0 Å². The summed E-state index contributed by atoms with van der Waals surface area (Å²) >= 11 is 0. The molecule has 0 atom stereocenters. The summed E-state index contributed by atoms with van der Waals surface area (Å²) in [5, 5.41) is 8.21. The Labute approximate surface area is 115 Å². The Morgan fingerprint density at radius 2 is 1.68 bits per heavy atom. The van der Waals surface area contributed by atoms with Gasteiger partial charge in [0, 0.05) is 12.6 Å². The molecule has 0 spiro atoms. The van der Waals surface area contributed by atoms with Crippen molar-refractivity contribution in [3.63, 3.8) is 0 Å². The number of hydrogen-bond acceptors (Lipinski definition) is 3. The molecule has 0 aromatic carbocycles. The molecule has 0 aromatic rings. The molecule has 3 amide bonds. The molecule has 0 saturated heterocycles. The van der Waals surface area contributed by atoms with E-state index in [1.165, 1.54) is 32.1 Å². The molecule has 5 heteroatoms. The molecule has 1 aliphatic rings. The van der Waals surface area contributed by atoms with Crippen LogP contribution in [0.15, 0.2) is 0 Å². The van der Waals surface area contributed by atoms with Crippen LogP contribution in [0.3, 0.4) is 0 Å². The van der Waals surface area contributed by atoms with E-state index in [4.69, 9.17) is 0 Å². The zero-order chi connectivity index (χ0) is 13.9. The van der Waals surface area contributed by atoms with Crippen molar-refractivity contribution in [2.45, 2.75) is 64.3 Å².